The molecule has 0 saturated carbocycles. The van der Waals surface area contributed by atoms with Gasteiger partial charge in [-0.25, -0.2) is 14.1 Å². The molecule has 0 fully saturated rings. The van der Waals surface area contributed by atoms with Gasteiger partial charge < -0.3 is 15.7 Å². The Labute approximate surface area is 203 Å². The fraction of sp³-hybridized carbons (Fsp3) is 0.125. The molecule has 0 aliphatic rings. The number of aliphatic hydroxyl groups is 1. The summed E-state index contributed by atoms with van der Waals surface area (Å²) in [5, 5.41) is 20.2. The summed E-state index contributed by atoms with van der Waals surface area (Å²) in [4.78, 5) is 4.23. The van der Waals surface area contributed by atoms with E-state index in [1.807, 2.05) is 0 Å². The van der Waals surface area contributed by atoms with E-state index in [1.165, 1.54) is 35.3 Å². The molecule has 1 heterocycles. The van der Waals surface area contributed by atoms with Crippen LogP contribution in [0.25, 0.3) is 17.1 Å². The maximum absolute atomic E-state index is 13.1. The second-order valence-electron chi connectivity index (χ2n) is 7.52. The number of aliphatic hydroxyl groups excluding tert-OH is 1. The maximum atomic E-state index is 13.1. The van der Waals surface area contributed by atoms with Crippen LogP contribution < -0.4 is 10.6 Å². The Balaban J connectivity index is 1.39. The van der Waals surface area contributed by atoms with Gasteiger partial charge in [0, 0.05) is 11.3 Å². The molecule has 0 radical (unpaired) electrons. The Morgan fingerprint density at radius 3 is 2.23 bits per heavy atom. The van der Waals surface area contributed by atoms with Crippen molar-refractivity contribution >= 4 is 23.0 Å². The van der Waals surface area contributed by atoms with Crippen LogP contribution in [0.1, 0.15) is 17.2 Å². The second-order valence-corrected chi connectivity index (χ2v) is 7.93. The average Bonchev–Trinajstić information content (AvgIpc) is 3.33. The lowest BCUT2D eigenvalue weighted by Gasteiger charge is -2.19. The van der Waals surface area contributed by atoms with E-state index >= 15 is 0 Å². The molecule has 3 N–H and O–H groups in total. The molecule has 0 amide bonds. The van der Waals surface area contributed by atoms with Crippen LogP contribution in [0.3, 0.4) is 0 Å². The average molecular weight is 502 g/mol. The number of halogens is 4. The van der Waals surface area contributed by atoms with E-state index in [9.17, 15) is 22.7 Å². The Bertz CT molecular complexity index is 1290. The van der Waals surface area contributed by atoms with Crippen molar-refractivity contribution in [3.63, 3.8) is 0 Å². The van der Waals surface area contributed by atoms with E-state index in [2.05, 4.69) is 20.7 Å². The minimum Gasteiger partial charge on any atom is -0.394 e. The van der Waals surface area contributed by atoms with Gasteiger partial charge >= 0.3 is 6.18 Å². The number of nitrogens with zero attached hydrogens (tertiary/aromatic N) is 3. The van der Waals surface area contributed by atoms with E-state index in [0.717, 1.165) is 12.1 Å². The van der Waals surface area contributed by atoms with Crippen molar-refractivity contribution in [2.75, 3.05) is 11.9 Å². The summed E-state index contributed by atoms with van der Waals surface area (Å²) >= 11 is 5.31. The monoisotopic (exact) mass is 501 g/mol. The van der Waals surface area contributed by atoms with Gasteiger partial charge in [-0.1, -0.05) is 12.1 Å². The van der Waals surface area contributed by atoms with Gasteiger partial charge in [0.2, 0.25) is 0 Å². The van der Waals surface area contributed by atoms with Gasteiger partial charge in [-0.05, 0) is 78.4 Å². The van der Waals surface area contributed by atoms with Crippen molar-refractivity contribution in [3.8, 4) is 17.1 Å². The first-order valence-corrected chi connectivity index (χ1v) is 10.8. The summed E-state index contributed by atoms with van der Waals surface area (Å²) < 4.78 is 52.8. The summed E-state index contributed by atoms with van der Waals surface area (Å²) in [6, 6.07) is 16.9. The molecule has 3 aromatic carbocycles. The highest BCUT2D eigenvalue weighted by Crippen LogP contribution is 2.29. The molecule has 0 spiro atoms. The molecule has 4 rings (SSSR count). The van der Waals surface area contributed by atoms with E-state index in [4.69, 9.17) is 12.2 Å². The zero-order valence-corrected chi connectivity index (χ0v) is 18.8. The highest BCUT2D eigenvalue weighted by molar-refractivity contribution is 7.80. The molecule has 1 unspecified atom stereocenters. The molecular formula is C24H19F4N5OS. The highest BCUT2D eigenvalue weighted by Gasteiger charge is 2.30. The Morgan fingerprint density at radius 2 is 1.63 bits per heavy atom. The predicted molar refractivity (Wildman–Crippen MR) is 127 cm³/mol. The molecule has 35 heavy (non-hydrogen) atoms. The van der Waals surface area contributed by atoms with Crippen molar-refractivity contribution < 1.29 is 22.7 Å². The fourth-order valence-corrected chi connectivity index (χ4v) is 3.54. The quantitative estimate of drug-likeness (QED) is 0.252. The third-order valence-electron chi connectivity index (χ3n) is 5.11. The first-order chi connectivity index (χ1) is 16.7. The molecule has 0 bridgehead atoms. The maximum Gasteiger partial charge on any atom is 0.416 e. The molecule has 6 nitrogen and oxygen atoms in total. The van der Waals surface area contributed by atoms with E-state index in [1.54, 1.807) is 36.4 Å². The minimum atomic E-state index is -4.40. The van der Waals surface area contributed by atoms with Gasteiger partial charge in [0.1, 0.15) is 12.1 Å². The summed E-state index contributed by atoms with van der Waals surface area (Å²) in [5.41, 5.74) is 1.76. The van der Waals surface area contributed by atoms with Gasteiger partial charge in [0.15, 0.2) is 10.9 Å². The number of hydrogen-bond acceptors (Lipinski definition) is 4. The Kier molecular flexibility index (Phi) is 7.08. The Hall–Kier alpha value is -3.83. The summed E-state index contributed by atoms with van der Waals surface area (Å²) in [7, 11) is 0. The number of alkyl halides is 3. The lowest BCUT2D eigenvalue weighted by molar-refractivity contribution is -0.137. The van der Waals surface area contributed by atoms with Crippen LogP contribution >= 0.6 is 12.2 Å². The minimum absolute atomic E-state index is 0.236. The number of benzene rings is 3. The summed E-state index contributed by atoms with van der Waals surface area (Å²) in [6.07, 6.45) is -2.98. The van der Waals surface area contributed by atoms with Gasteiger partial charge in [0.25, 0.3) is 0 Å². The van der Waals surface area contributed by atoms with Crippen molar-refractivity contribution in [2.45, 2.75) is 12.2 Å². The van der Waals surface area contributed by atoms with E-state index in [0.29, 0.717) is 28.3 Å². The molecule has 1 atom stereocenters. The first-order valence-electron chi connectivity index (χ1n) is 10.4. The molecule has 180 valence electrons. The Morgan fingerprint density at radius 1 is 0.971 bits per heavy atom. The molecule has 0 saturated heterocycles. The van der Waals surface area contributed by atoms with Crippen LogP contribution in [0, 0.1) is 5.82 Å². The molecule has 4 aromatic rings. The summed E-state index contributed by atoms with van der Waals surface area (Å²) in [6.45, 7) is -0.236. The lowest BCUT2D eigenvalue weighted by Crippen LogP contribution is -2.34. The third kappa shape index (κ3) is 6.00. The van der Waals surface area contributed by atoms with Gasteiger partial charge in [0.05, 0.1) is 23.9 Å². The topological polar surface area (TPSA) is 75.0 Å². The highest BCUT2D eigenvalue weighted by atomic mass is 32.1. The van der Waals surface area contributed by atoms with Crippen molar-refractivity contribution in [3.05, 3.63) is 96.1 Å². The number of nitrogens with one attached hydrogen (secondary N) is 2. The van der Waals surface area contributed by atoms with Crippen LogP contribution in [-0.2, 0) is 6.18 Å². The first kappa shape index (κ1) is 24.3. The SMILES string of the molecule is OCC(NC(=S)Nc1ccc(-c2ncn(-c3ccc(C(F)(F)F)cc3)n2)cc1)c1ccc(F)cc1. The van der Waals surface area contributed by atoms with Crippen LogP contribution in [-0.4, -0.2) is 31.6 Å². The smallest absolute Gasteiger partial charge is 0.394 e. The van der Waals surface area contributed by atoms with Gasteiger partial charge in [-0.15, -0.1) is 5.10 Å². The number of rotatable bonds is 6. The number of thiocarbonyl (C=S) groups is 1. The van der Waals surface area contributed by atoms with E-state index < -0.39 is 17.8 Å². The number of anilines is 1. The van der Waals surface area contributed by atoms with Gasteiger partial charge in [-0.3, -0.25) is 0 Å². The third-order valence-corrected chi connectivity index (χ3v) is 5.33. The molecular weight excluding hydrogens is 482 g/mol. The standard InChI is InChI=1S/C24H19F4N5OS/c25-18-7-1-15(2-8-18)21(13-34)31-23(35)30-19-9-3-16(4-10-19)22-29-14-33(32-22)20-11-5-17(6-12-20)24(26,27)28/h1-12,14,21,34H,13H2,(H2,30,31,35). The lowest BCUT2D eigenvalue weighted by atomic mass is 10.1. The molecule has 1 aromatic heterocycles. The normalized spacial score (nSPS) is 12.3. The second kappa shape index (κ2) is 10.2. The molecule has 11 heteroatoms. The van der Waals surface area contributed by atoms with Crippen molar-refractivity contribution in [1.29, 1.82) is 0 Å². The molecule has 0 aliphatic carbocycles. The fourth-order valence-electron chi connectivity index (χ4n) is 3.28. The van der Waals surface area contributed by atoms with Crippen LogP contribution in [0.15, 0.2) is 79.1 Å². The largest absolute Gasteiger partial charge is 0.416 e. The zero-order chi connectivity index (χ0) is 25.0. The van der Waals surface area contributed by atoms with Crippen molar-refractivity contribution in [1.82, 2.24) is 20.1 Å². The van der Waals surface area contributed by atoms with E-state index in [-0.39, 0.29) is 17.5 Å². The summed E-state index contributed by atoms with van der Waals surface area (Å²) in [5.74, 6) is 0.0266. The molecule has 0 aliphatic heterocycles. The number of hydrogen-bond donors (Lipinski definition) is 3. The van der Waals surface area contributed by atoms with Gasteiger partial charge in [-0.2, -0.15) is 13.2 Å². The van der Waals surface area contributed by atoms with Crippen LogP contribution in [0.2, 0.25) is 0 Å². The van der Waals surface area contributed by atoms with Crippen molar-refractivity contribution in [2.24, 2.45) is 0 Å². The predicted octanol–water partition coefficient (Wildman–Crippen LogP) is 5.11. The van der Waals surface area contributed by atoms with Crippen LogP contribution in [0.5, 0.6) is 0 Å². The zero-order valence-electron chi connectivity index (χ0n) is 18.0. The van der Waals surface area contributed by atoms with Crippen LogP contribution in [0.4, 0.5) is 23.2 Å². The number of aromatic nitrogens is 3.